The van der Waals surface area contributed by atoms with Crippen LogP contribution in [0.5, 0.6) is 0 Å². The lowest BCUT2D eigenvalue weighted by Gasteiger charge is -2.34. The molecule has 0 unspecified atom stereocenters. The van der Waals surface area contributed by atoms with Gasteiger partial charge in [-0.25, -0.2) is 4.99 Å². The summed E-state index contributed by atoms with van der Waals surface area (Å²) in [6, 6.07) is 11.1. The molecule has 1 saturated heterocycles. The zero-order valence-electron chi connectivity index (χ0n) is 17.2. The second-order valence-corrected chi connectivity index (χ2v) is 6.94. The normalized spacial score (nSPS) is 15.4. The monoisotopic (exact) mass is 398 g/mol. The number of nitrogens with zero attached hydrogens (tertiary/aromatic N) is 2. The van der Waals surface area contributed by atoms with Gasteiger partial charge >= 0.3 is 0 Å². The molecule has 0 atom stereocenters. The number of piperidine rings is 1. The summed E-state index contributed by atoms with van der Waals surface area (Å²) in [5.74, 6) is 0.951. The molecule has 1 aliphatic heterocycles. The van der Waals surface area contributed by atoms with Crippen molar-refractivity contribution >= 4 is 17.6 Å². The number of rotatable bonds is 7. The molecule has 2 aromatic rings. The minimum absolute atomic E-state index is 0.263. The molecule has 1 aromatic heterocycles. The Balaban J connectivity index is 1.61. The van der Waals surface area contributed by atoms with Gasteiger partial charge in [0.15, 0.2) is 11.7 Å². The van der Waals surface area contributed by atoms with Crippen molar-refractivity contribution in [1.82, 2.24) is 10.2 Å². The SMILES string of the molecule is CCNC(=NCc1cccc(NC(=O)c2ccco2)c1)N1CCC(OCC)CC1. The first-order valence-electron chi connectivity index (χ1n) is 10.3. The fourth-order valence-electron chi connectivity index (χ4n) is 3.41. The number of likely N-dealkylation sites (tertiary alicyclic amines) is 1. The summed E-state index contributed by atoms with van der Waals surface area (Å²) in [6.45, 7) is 8.13. The lowest BCUT2D eigenvalue weighted by molar-refractivity contribution is 0.0263. The van der Waals surface area contributed by atoms with Gasteiger partial charge in [-0.2, -0.15) is 0 Å². The number of hydrogen-bond acceptors (Lipinski definition) is 4. The summed E-state index contributed by atoms with van der Waals surface area (Å²) < 4.78 is 10.9. The number of benzene rings is 1. The molecule has 29 heavy (non-hydrogen) atoms. The van der Waals surface area contributed by atoms with Crippen LogP contribution in [0.2, 0.25) is 0 Å². The fourth-order valence-corrected chi connectivity index (χ4v) is 3.41. The molecule has 1 aromatic carbocycles. The molecule has 1 amide bonds. The van der Waals surface area contributed by atoms with Crippen molar-refractivity contribution in [3.8, 4) is 0 Å². The van der Waals surface area contributed by atoms with E-state index in [0.29, 0.717) is 18.4 Å². The van der Waals surface area contributed by atoms with E-state index < -0.39 is 0 Å². The van der Waals surface area contributed by atoms with E-state index in [1.807, 2.05) is 31.2 Å². The van der Waals surface area contributed by atoms with Gasteiger partial charge in [0.25, 0.3) is 5.91 Å². The lowest BCUT2D eigenvalue weighted by Crippen LogP contribution is -2.47. The van der Waals surface area contributed by atoms with Crippen LogP contribution in [0.25, 0.3) is 0 Å². The van der Waals surface area contributed by atoms with Crippen LogP contribution in [-0.4, -0.2) is 49.1 Å². The number of amides is 1. The van der Waals surface area contributed by atoms with Crippen LogP contribution in [0.1, 0.15) is 42.8 Å². The number of furan rings is 1. The average Bonchev–Trinajstić information content (AvgIpc) is 3.27. The highest BCUT2D eigenvalue weighted by molar-refractivity contribution is 6.02. The largest absolute Gasteiger partial charge is 0.459 e. The van der Waals surface area contributed by atoms with E-state index in [0.717, 1.165) is 56.3 Å². The van der Waals surface area contributed by atoms with Crippen molar-refractivity contribution in [1.29, 1.82) is 0 Å². The molecule has 1 fully saturated rings. The molecule has 156 valence electrons. The highest BCUT2D eigenvalue weighted by Crippen LogP contribution is 2.16. The van der Waals surface area contributed by atoms with E-state index in [2.05, 4.69) is 22.5 Å². The number of carbonyl (C=O) groups is 1. The van der Waals surface area contributed by atoms with Gasteiger partial charge in [0.1, 0.15) is 0 Å². The quantitative estimate of drug-likeness (QED) is 0.551. The van der Waals surface area contributed by atoms with Crippen LogP contribution in [0.15, 0.2) is 52.1 Å². The van der Waals surface area contributed by atoms with Crippen LogP contribution in [0.3, 0.4) is 0 Å². The molecule has 1 aliphatic rings. The first kappa shape index (κ1) is 20.9. The number of anilines is 1. The molecular formula is C22H30N4O3. The molecule has 2 N–H and O–H groups in total. The summed E-state index contributed by atoms with van der Waals surface area (Å²) in [6.07, 6.45) is 3.88. The second-order valence-electron chi connectivity index (χ2n) is 6.94. The standard InChI is InChI=1S/C22H30N4O3/c1-3-23-22(26-12-10-19(11-13-26)28-4-2)24-16-17-7-5-8-18(15-17)25-21(27)20-9-6-14-29-20/h5-9,14-15,19H,3-4,10-13,16H2,1-2H3,(H,23,24)(H,25,27). The molecule has 0 radical (unpaired) electrons. The third-order valence-electron chi connectivity index (χ3n) is 4.82. The number of aliphatic imine (C=N–C) groups is 1. The Hall–Kier alpha value is -2.80. The van der Waals surface area contributed by atoms with Gasteiger partial charge in [0.05, 0.1) is 18.9 Å². The number of guanidine groups is 1. The first-order valence-corrected chi connectivity index (χ1v) is 10.3. The Labute approximate surface area is 172 Å². The first-order chi connectivity index (χ1) is 14.2. The minimum Gasteiger partial charge on any atom is -0.459 e. The highest BCUT2D eigenvalue weighted by atomic mass is 16.5. The van der Waals surface area contributed by atoms with Gasteiger partial charge in [-0.3, -0.25) is 4.79 Å². The molecule has 0 saturated carbocycles. The van der Waals surface area contributed by atoms with E-state index >= 15 is 0 Å². The molecule has 0 bridgehead atoms. The summed E-state index contributed by atoms with van der Waals surface area (Å²) in [5, 5.41) is 6.24. The maximum Gasteiger partial charge on any atom is 0.291 e. The van der Waals surface area contributed by atoms with Crippen molar-refractivity contribution in [3.63, 3.8) is 0 Å². The van der Waals surface area contributed by atoms with Crippen molar-refractivity contribution in [2.75, 3.05) is 31.6 Å². The fraction of sp³-hybridized carbons (Fsp3) is 0.455. The zero-order valence-corrected chi connectivity index (χ0v) is 17.2. The van der Waals surface area contributed by atoms with E-state index in [1.165, 1.54) is 6.26 Å². The molecule has 7 nitrogen and oxygen atoms in total. The maximum absolute atomic E-state index is 12.2. The summed E-state index contributed by atoms with van der Waals surface area (Å²) >= 11 is 0. The van der Waals surface area contributed by atoms with Crippen molar-refractivity contribution in [2.24, 2.45) is 4.99 Å². The van der Waals surface area contributed by atoms with E-state index in [1.54, 1.807) is 12.1 Å². The highest BCUT2D eigenvalue weighted by Gasteiger charge is 2.21. The Morgan fingerprint density at radius 3 is 2.76 bits per heavy atom. The van der Waals surface area contributed by atoms with Crippen LogP contribution >= 0.6 is 0 Å². The Morgan fingerprint density at radius 1 is 1.24 bits per heavy atom. The van der Waals surface area contributed by atoms with Crippen molar-refractivity contribution < 1.29 is 13.9 Å². The van der Waals surface area contributed by atoms with Crippen molar-refractivity contribution in [2.45, 2.75) is 39.3 Å². The smallest absolute Gasteiger partial charge is 0.291 e. The molecule has 0 spiro atoms. The Bertz CT molecular complexity index is 796. The van der Waals surface area contributed by atoms with Gasteiger partial charge in [0.2, 0.25) is 0 Å². The maximum atomic E-state index is 12.2. The van der Waals surface area contributed by atoms with Gasteiger partial charge in [0, 0.05) is 31.9 Å². The summed E-state index contributed by atoms with van der Waals surface area (Å²) in [7, 11) is 0. The van der Waals surface area contributed by atoms with Gasteiger partial charge in [-0.1, -0.05) is 12.1 Å². The number of hydrogen-bond donors (Lipinski definition) is 2. The summed E-state index contributed by atoms with van der Waals surface area (Å²) in [5.41, 5.74) is 1.75. The molecular weight excluding hydrogens is 368 g/mol. The summed E-state index contributed by atoms with van der Waals surface area (Å²) in [4.78, 5) is 19.3. The van der Waals surface area contributed by atoms with Crippen LogP contribution in [-0.2, 0) is 11.3 Å². The van der Waals surface area contributed by atoms with Gasteiger partial charge in [-0.05, 0) is 56.5 Å². The average molecular weight is 399 g/mol. The minimum atomic E-state index is -0.263. The van der Waals surface area contributed by atoms with Crippen LogP contribution in [0.4, 0.5) is 5.69 Å². The van der Waals surface area contributed by atoms with Crippen molar-refractivity contribution in [3.05, 3.63) is 54.0 Å². The van der Waals surface area contributed by atoms with E-state index in [9.17, 15) is 4.79 Å². The van der Waals surface area contributed by atoms with Crippen LogP contribution in [0, 0.1) is 0 Å². The zero-order chi connectivity index (χ0) is 20.5. The Kier molecular flexibility index (Phi) is 7.69. The second kappa shape index (κ2) is 10.7. The van der Waals surface area contributed by atoms with Gasteiger partial charge < -0.3 is 24.7 Å². The predicted octanol–water partition coefficient (Wildman–Crippen LogP) is 3.50. The lowest BCUT2D eigenvalue weighted by atomic mass is 10.1. The number of ether oxygens (including phenoxy) is 1. The van der Waals surface area contributed by atoms with E-state index in [4.69, 9.17) is 14.1 Å². The third kappa shape index (κ3) is 6.09. The molecule has 7 heteroatoms. The topological polar surface area (TPSA) is 79.1 Å². The molecule has 3 rings (SSSR count). The molecule has 2 heterocycles. The number of carbonyl (C=O) groups excluding carboxylic acids is 1. The third-order valence-corrected chi connectivity index (χ3v) is 4.82. The van der Waals surface area contributed by atoms with Gasteiger partial charge in [-0.15, -0.1) is 0 Å². The predicted molar refractivity (Wildman–Crippen MR) is 114 cm³/mol. The Morgan fingerprint density at radius 2 is 2.07 bits per heavy atom. The number of nitrogens with one attached hydrogen (secondary N) is 2. The molecule has 0 aliphatic carbocycles. The van der Waals surface area contributed by atoms with Crippen LogP contribution < -0.4 is 10.6 Å². The van der Waals surface area contributed by atoms with E-state index in [-0.39, 0.29) is 5.91 Å².